The summed E-state index contributed by atoms with van der Waals surface area (Å²) in [6.45, 7) is 0. The zero-order valence-electron chi connectivity index (χ0n) is 9.84. The molecule has 7 heteroatoms. The highest BCUT2D eigenvalue weighted by Crippen LogP contribution is 2.26. The third-order valence-electron chi connectivity index (χ3n) is 2.17. The highest BCUT2D eigenvalue weighted by molar-refractivity contribution is 7.17. The number of esters is 1. The van der Waals surface area contributed by atoms with E-state index in [1.807, 2.05) is 0 Å². The van der Waals surface area contributed by atoms with Gasteiger partial charge in [0, 0.05) is 6.07 Å². The Hall–Kier alpha value is -1.92. The molecule has 0 saturated carbocycles. The second-order valence-corrected chi connectivity index (χ2v) is 4.90. The molecular formula is C12H9ClN2O3S. The van der Waals surface area contributed by atoms with Gasteiger partial charge >= 0.3 is 5.97 Å². The average molecular weight is 297 g/mol. The van der Waals surface area contributed by atoms with Gasteiger partial charge < -0.3 is 10.1 Å². The van der Waals surface area contributed by atoms with E-state index in [1.165, 1.54) is 7.11 Å². The van der Waals surface area contributed by atoms with Crippen LogP contribution in [0.3, 0.4) is 0 Å². The molecule has 1 N–H and O–H groups in total. The molecule has 0 bridgehead atoms. The van der Waals surface area contributed by atoms with Gasteiger partial charge in [-0.1, -0.05) is 35.1 Å². The molecule has 2 aromatic rings. The van der Waals surface area contributed by atoms with Crippen LogP contribution >= 0.6 is 22.9 Å². The van der Waals surface area contributed by atoms with Crippen molar-refractivity contribution in [3.8, 4) is 0 Å². The third-order valence-corrected chi connectivity index (χ3v) is 3.40. The Kier molecular flexibility index (Phi) is 4.13. The Morgan fingerprint density at radius 2 is 2.16 bits per heavy atom. The van der Waals surface area contributed by atoms with Crippen molar-refractivity contribution in [2.24, 2.45) is 0 Å². The topological polar surface area (TPSA) is 68.3 Å². The number of hydrogen-bond acceptors (Lipinski definition) is 6. The molecule has 0 aliphatic heterocycles. The minimum absolute atomic E-state index is 0.178. The molecule has 0 saturated heterocycles. The number of benzene rings is 1. The lowest BCUT2D eigenvalue weighted by Gasteiger charge is -2.06. The van der Waals surface area contributed by atoms with Gasteiger partial charge in [-0.2, -0.15) is 4.98 Å². The van der Waals surface area contributed by atoms with Gasteiger partial charge in [0.05, 0.1) is 17.8 Å². The van der Waals surface area contributed by atoms with E-state index in [0.29, 0.717) is 10.7 Å². The van der Waals surface area contributed by atoms with E-state index in [9.17, 15) is 9.59 Å². The Labute approximate surface area is 117 Å². The van der Waals surface area contributed by atoms with Crippen molar-refractivity contribution in [3.63, 3.8) is 0 Å². The molecule has 1 aromatic carbocycles. The van der Waals surface area contributed by atoms with Crippen LogP contribution < -0.4 is 10.9 Å². The molecule has 98 valence electrons. The summed E-state index contributed by atoms with van der Waals surface area (Å²) in [7, 11) is 1.25. The first-order valence-electron chi connectivity index (χ1n) is 5.22. The molecule has 1 aromatic heterocycles. The maximum absolute atomic E-state index is 11.4. The molecular weight excluding hydrogens is 288 g/mol. The van der Waals surface area contributed by atoms with Crippen LogP contribution in [0.4, 0.5) is 10.8 Å². The number of anilines is 2. The summed E-state index contributed by atoms with van der Waals surface area (Å²) in [6.07, 6.45) is 0. The van der Waals surface area contributed by atoms with Gasteiger partial charge in [-0.25, -0.2) is 4.79 Å². The Morgan fingerprint density at radius 3 is 2.84 bits per heavy atom. The van der Waals surface area contributed by atoms with E-state index < -0.39 is 11.5 Å². The molecule has 5 nitrogen and oxygen atoms in total. The largest absolute Gasteiger partial charge is 0.465 e. The van der Waals surface area contributed by atoms with Gasteiger partial charge in [0.25, 0.3) is 5.56 Å². The predicted molar refractivity (Wildman–Crippen MR) is 74.5 cm³/mol. The predicted octanol–water partition coefficient (Wildman–Crippen LogP) is 2.69. The average Bonchev–Trinajstić information content (AvgIpc) is 2.40. The minimum Gasteiger partial charge on any atom is -0.465 e. The number of carbonyl (C=O) groups is 1. The molecule has 0 aliphatic carbocycles. The zero-order chi connectivity index (χ0) is 13.8. The van der Waals surface area contributed by atoms with Crippen LogP contribution in [0.25, 0.3) is 0 Å². The molecule has 0 unspecified atom stereocenters. The van der Waals surface area contributed by atoms with Crippen molar-refractivity contribution in [3.05, 3.63) is 50.6 Å². The lowest BCUT2D eigenvalue weighted by molar-refractivity contribution is 0.0606. The fourth-order valence-corrected chi connectivity index (χ4v) is 2.35. The first kappa shape index (κ1) is 13.5. The van der Waals surface area contributed by atoms with Gasteiger partial charge in [-0.3, -0.25) is 4.79 Å². The van der Waals surface area contributed by atoms with Crippen LogP contribution in [-0.2, 0) is 4.74 Å². The highest BCUT2D eigenvalue weighted by Gasteiger charge is 2.11. The fourth-order valence-electron chi connectivity index (χ4n) is 1.33. The van der Waals surface area contributed by atoms with Crippen LogP contribution in [0, 0.1) is 0 Å². The van der Waals surface area contributed by atoms with Crippen molar-refractivity contribution in [2.45, 2.75) is 0 Å². The van der Waals surface area contributed by atoms with Crippen molar-refractivity contribution in [1.29, 1.82) is 0 Å². The molecule has 0 amide bonds. The number of aromatic nitrogens is 1. The summed E-state index contributed by atoms with van der Waals surface area (Å²) in [5.41, 5.74) is 0.0861. The van der Waals surface area contributed by atoms with Gasteiger partial charge in [0.2, 0.25) is 0 Å². The number of methoxy groups -OCH3 is 1. The highest BCUT2D eigenvalue weighted by atomic mass is 35.5. The first-order chi connectivity index (χ1) is 9.10. The van der Waals surface area contributed by atoms with Gasteiger partial charge in [0.1, 0.15) is 4.88 Å². The smallest absolute Gasteiger partial charge is 0.348 e. The van der Waals surface area contributed by atoms with Crippen LogP contribution in [0.1, 0.15) is 9.67 Å². The van der Waals surface area contributed by atoms with E-state index in [0.717, 1.165) is 17.4 Å². The second kappa shape index (κ2) is 5.81. The van der Waals surface area contributed by atoms with Gasteiger partial charge in [0.15, 0.2) is 5.13 Å². The first-order valence-corrected chi connectivity index (χ1v) is 6.41. The van der Waals surface area contributed by atoms with Gasteiger partial charge in [-0.05, 0) is 12.1 Å². The van der Waals surface area contributed by atoms with Crippen LogP contribution in [-0.4, -0.2) is 18.1 Å². The van der Waals surface area contributed by atoms with Crippen molar-refractivity contribution in [1.82, 2.24) is 4.98 Å². The monoisotopic (exact) mass is 296 g/mol. The molecule has 1 heterocycles. The number of halogens is 1. The summed E-state index contributed by atoms with van der Waals surface area (Å²) in [5, 5.41) is 3.67. The molecule has 2 rings (SSSR count). The summed E-state index contributed by atoms with van der Waals surface area (Å²) >= 11 is 7.01. The zero-order valence-corrected chi connectivity index (χ0v) is 11.4. The lowest BCUT2D eigenvalue weighted by atomic mass is 10.3. The molecule has 0 fully saturated rings. The van der Waals surface area contributed by atoms with Gasteiger partial charge in [-0.15, -0.1) is 0 Å². The van der Waals surface area contributed by atoms with Crippen molar-refractivity contribution >= 4 is 39.7 Å². The van der Waals surface area contributed by atoms with Crippen molar-refractivity contribution in [2.75, 3.05) is 12.4 Å². The fraction of sp³-hybridized carbons (Fsp3) is 0.0833. The maximum Gasteiger partial charge on any atom is 0.348 e. The number of rotatable bonds is 3. The molecule has 19 heavy (non-hydrogen) atoms. The number of para-hydroxylation sites is 1. The van der Waals surface area contributed by atoms with E-state index in [4.69, 9.17) is 11.6 Å². The number of nitrogens with zero attached hydrogens (tertiary/aromatic N) is 1. The lowest BCUT2D eigenvalue weighted by Crippen LogP contribution is -2.11. The number of ether oxygens (including phenoxy) is 1. The summed E-state index contributed by atoms with van der Waals surface area (Å²) in [6, 6.07) is 8.16. The molecule has 0 atom stereocenters. The SMILES string of the molecule is COC(=O)c1cc(=O)nc(Nc2ccccc2Cl)s1. The Balaban J connectivity index is 2.36. The number of nitrogens with one attached hydrogen (secondary N) is 1. The molecule has 0 radical (unpaired) electrons. The van der Waals surface area contributed by atoms with E-state index in [-0.39, 0.29) is 10.0 Å². The summed E-state index contributed by atoms with van der Waals surface area (Å²) in [4.78, 5) is 26.8. The Bertz CT molecular complexity index is 672. The quantitative estimate of drug-likeness (QED) is 0.882. The van der Waals surface area contributed by atoms with E-state index in [2.05, 4.69) is 15.0 Å². The van der Waals surface area contributed by atoms with Crippen LogP contribution in [0.5, 0.6) is 0 Å². The number of carbonyl (C=O) groups excluding carboxylic acids is 1. The maximum atomic E-state index is 11.4. The standard InChI is InChI=1S/C12H9ClN2O3S/c1-18-11(17)9-6-10(16)15-12(19-9)14-8-5-3-2-4-7(8)13/h2-6H,1H3,(H,14,15,16). The van der Waals surface area contributed by atoms with E-state index >= 15 is 0 Å². The molecule has 0 spiro atoms. The normalized spacial score (nSPS) is 10.0. The second-order valence-electron chi connectivity index (χ2n) is 3.46. The summed E-state index contributed by atoms with van der Waals surface area (Å²) < 4.78 is 4.57. The summed E-state index contributed by atoms with van der Waals surface area (Å²) in [5.74, 6) is -0.577. The molecule has 0 aliphatic rings. The van der Waals surface area contributed by atoms with E-state index in [1.54, 1.807) is 24.3 Å². The van der Waals surface area contributed by atoms with Crippen molar-refractivity contribution < 1.29 is 9.53 Å². The third kappa shape index (κ3) is 3.30. The minimum atomic E-state index is -0.577. The number of hydrogen-bond donors (Lipinski definition) is 1. The Morgan fingerprint density at radius 1 is 1.42 bits per heavy atom. The van der Waals surface area contributed by atoms with Crippen LogP contribution in [0.2, 0.25) is 5.02 Å². The van der Waals surface area contributed by atoms with Crippen LogP contribution in [0.15, 0.2) is 35.1 Å².